The summed E-state index contributed by atoms with van der Waals surface area (Å²) in [6.45, 7) is 0. The van der Waals surface area contributed by atoms with E-state index in [0.29, 0.717) is 16.5 Å². The van der Waals surface area contributed by atoms with Crippen molar-refractivity contribution in [3.05, 3.63) is 35.8 Å². The Morgan fingerprint density at radius 1 is 1.38 bits per heavy atom. The van der Waals surface area contributed by atoms with Gasteiger partial charge >= 0.3 is 0 Å². The van der Waals surface area contributed by atoms with Gasteiger partial charge in [-0.25, -0.2) is 4.39 Å². The van der Waals surface area contributed by atoms with Crippen LogP contribution in [0.2, 0.25) is 0 Å². The first-order valence-corrected chi connectivity index (χ1v) is 5.50. The molecule has 2 aromatic rings. The fourth-order valence-electron chi connectivity index (χ4n) is 1.67. The van der Waals surface area contributed by atoms with Crippen LogP contribution in [-0.4, -0.2) is 27.1 Å². The lowest BCUT2D eigenvalue weighted by Gasteiger charge is -2.14. The van der Waals surface area contributed by atoms with Crippen molar-refractivity contribution in [3.63, 3.8) is 0 Å². The minimum Gasteiger partial charge on any atom is -0.389 e. The molecule has 16 heavy (non-hydrogen) atoms. The molecule has 2 unspecified atom stereocenters. The summed E-state index contributed by atoms with van der Waals surface area (Å²) in [5.74, 6) is -0.181. The van der Waals surface area contributed by atoms with Gasteiger partial charge in [-0.2, -0.15) is 12.6 Å². The average molecular weight is 241 g/mol. The van der Waals surface area contributed by atoms with E-state index in [0.717, 1.165) is 0 Å². The minimum atomic E-state index is -1.02. The molecule has 2 rings (SSSR count). The predicted octanol–water partition coefficient (Wildman–Crippen LogP) is 1.63. The number of fused-ring (bicyclic) bond motifs is 1. The van der Waals surface area contributed by atoms with Crippen molar-refractivity contribution in [2.75, 3.05) is 5.75 Å². The second kappa shape index (κ2) is 4.45. The molecule has 1 aromatic heterocycles. The van der Waals surface area contributed by atoms with Gasteiger partial charge in [0.2, 0.25) is 0 Å². The highest BCUT2D eigenvalue weighted by Crippen LogP contribution is 2.27. The van der Waals surface area contributed by atoms with Gasteiger partial charge in [-0.15, -0.1) is 0 Å². The lowest BCUT2D eigenvalue weighted by molar-refractivity contribution is 0.0347. The third-order valence-corrected chi connectivity index (χ3v) is 2.92. The van der Waals surface area contributed by atoms with Crippen molar-refractivity contribution >= 4 is 23.5 Å². The van der Waals surface area contributed by atoms with E-state index in [2.05, 4.69) is 17.6 Å². The molecule has 5 heteroatoms. The van der Waals surface area contributed by atoms with Crippen LogP contribution in [0.3, 0.4) is 0 Å². The first-order chi connectivity index (χ1) is 7.63. The standard InChI is InChI=1S/C11H12FNO2S/c12-6-1-2-7-8(4-13-9(7)3-6)11(15)10(14)5-16/h1-4,10-11,13-16H,5H2. The van der Waals surface area contributed by atoms with Crippen LogP contribution in [0, 0.1) is 5.82 Å². The number of H-pyrrole nitrogens is 1. The van der Waals surface area contributed by atoms with Gasteiger partial charge in [0.1, 0.15) is 11.9 Å². The largest absolute Gasteiger partial charge is 0.389 e. The van der Waals surface area contributed by atoms with Gasteiger partial charge in [0.25, 0.3) is 0 Å². The van der Waals surface area contributed by atoms with E-state index in [1.165, 1.54) is 12.1 Å². The molecule has 3 N–H and O–H groups in total. The van der Waals surface area contributed by atoms with E-state index in [-0.39, 0.29) is 11.6 Å². The third kappa shape index (κ3) is 1.93. The first-order valence-electron chi connectivity index (χ1n) is 4.87. The Kier molecular flexibility index (Phi) is 3.18. The summed E-state index contributed by atoms with van der Waals surface area (Å²) in [5.41, 5.74) is 1.15. The normalized spacial score (nSPS) is 15.2. The maximum Gasteiger partial charge on any atom is 0.125 e. The maximum atomic E-state index is 12.9. The van der Waals surface area contributed by atoms with Crippen LogP contribution >= 0.6 is 12.6 Å². The molecular weight excluding hydrogens is 229 g/mol. The molecule has 1 aromatic carbocycles. The van der Waals surface area contributed by atoms with Gasteiger partial charge in [-0.1, -0.05) is 0 Å². The molecular formula is C11H12FNO2S. The molecule has 0 saturated heterocycles. The number of aliphatic hydroxyl groups excluding tert-OH is 2. The second-order valence-electron chi connectivity index (χ2n) is 3.63. The highest BCUT2D eigenvalue weighted by Gasteiger charge is 2.20. The summed E-state index contributed by atoms with van der Waals surface area (Å²) in [6.07, 6.45) is -0.384. The van der Waals surface area contributed by atoms with Crippen LogP contribution in [-0.2, 0) is 0 Å². The summed E-state index contributed by atoms with van der Waals surface area (Å²) in [7, 11) is 0. The van der Waals surface area contributed by atoms with Crippen molar-refractivity contribution in [1.82, 2.24) is 4.98 Å². The topological polar surface area (TPSA) is 56.2 Å². The Morgan fingerprint density at radius 3 is 2.81 bits per heavy atom. The van der Waals surface area contributed by atoms with Gasteiger partial charge in [-0.3, -0.25) is 0 Å². The molecule has 0 aliphatic carbocycles. The highest BCUT2D eigenvalue weighted by molar-refractivity contribution is 7.80. The van der Waals surface area contributed by atoms with Crippen molar-refractivity contribution in [1.29, 1.82) is 0 Å². The van der Waals surface area contributed by atoms with E-state index < -0.39 is 12.2 Å². The Balaban J connectivity index is 2.45. The van der Waals surface area contributed by atoms with Gasteiger partial charge in [0.05, 0.1) is 6.10 Å². The van der Waals surface area contributed by atoms with E-state index in [9.17, 15) is 14.6 Å². The van der Waals surface area contributed by atoms with E-state index in [1.54, 1.807) is 12.3 Å². The lowest BCUT2D eigenvalue weighted by Crippen LogP contribution is -2.19. The number of thiol groups is 1. The van der Waals surface area contributed by atoms with Gasteiger partial charge in [0.15, 0.2) is 0 Å². The highest BCUT2D eigenvalue weighted by atomic mass is 32.1. The number of rotatable bonds is 3. The predicted molar refractivity (Wildman–Crippen MR) is 63.1 cm³/mol. The lowest BCUT2D eigenvalue weighted by atomic mass is 10.0. The maximum absolute atomic E-state index is 12.9. The van der Waals surface area contributed by atoms with Crippen LogP contribution in [0.5, 0.6) is 0 Å². The van der Waals surface area contributed by atoms with Crippen LogP contribution < -0.4 is 0 Å². The number of aliphatic hydroxyl groups is 2. The van der Waals surface area contributed by atoms with Gasteiger partial charge in [-0.05, 0) is 18.2 Å². The Morgan fingerprint density at radius 2 is 2.12 bits per heavy atom. The monoisotopic (exact) mass is 241 g/mol. The summed E-state index contributed by atoms with van der Waals surface area (Å²) in [4.78, 5) is 2.85. The molecule has 86 valence electrons. The molecule has 0 radical (unpaired) electrons. The number of hydrogen-bond donors (Lipinski definition) is 4. The summed E-state index contributed by atoms with van der Waals surface area (Å²) >= 11 is 3.92. The Hall–Kier alpha value is -1.04. The number of nitrogens with one attached hydrogen (secondary N) is 1. The van der Waals surface area contributed by atoms with Gasteiger partial charge in [0, 0.05) is 28.4 Å². The quantitative estimate of drug-likeness (QED) is 0.617. The van der Waals surface area contributed by atoms with E-state index in [4.69, 9.17) is 0 Å². The van der Waals surface area contributed by atoms with Crippen LogP contribution in [0.4, 0.5) is 4.39 Å². The molecule has 1 heterocycles. The fraction of sp³-hybridized carbons (Fsp3) is 0.273. The molecule has 0 fully saturated rings. The Labute approximate surface area is 97.3 Å². The number of aromatic nitrogens is 1. The Bertz CT molecular complexity index is 500. The van der Waals surface area contributed by atoms with E-state index >= 15 is 0 Å². The third-order valence-electron chi connectivity index (χ3n) is 2.55. The number of aromatic amines is 1. The zero-order valence-electron chi connectivity index (χ0n) is 8.39. The SMILES string of the molecule is OC(CS)C(O)c1c[nH]c2cc(F)ccc12. The molecule has 3 nitrogen and oxygen atoms in total. The molecule has 0 spiro atoms. The first kappa shape index (κ1) is 11.4. The summed E-state index contributed by atoms with van der Waals surface area (Å²) < 4.78 is 12.9. The van der Waals surface area contributed by atoms with Gasteiger partial charge < -0.3 is 15.2 Å². The average Bonchev–Trinajstić information content (AvgIpc) is 2.69. The van der Waals surface area contributed by atoms with Crippen molar-refractivity contribution in [2.45, 2.75) is 12.2 Å². The van der Waals surface area contributed by atoms with Crippen LogP contribution in [0.15, 0.2) is 24.4 Å². The van der Waals surface area contributed by atoms with E-state index in [1.807, 2.05) is 0 Å². The summed E-state index contributed by atoms with van der Waals surface area (Å²) in [6, 6.07) is 4.24. The van der Waals surface area contributed by atoms with Crippen molar-refractivity contribution < 1.29 is 14.6 Å². The summed E-state index contributed by atoms with van der Waals surface area (Å²) in [5, 5.41) is 20.0. The molecule has 0 bridgehead atoms. The zero-order chi connectivity index (χ0) is 11.7. The number of hydrogen-bond acceptors (Lipinski definition) is 3. The molecule has 0 aliphatic heterocycles. The number of benzene rings is 1. The number of halogens is 1. The fourth-order valence-corrected chi connectivity index (χ4v) is 1.87. The van der Waals surface area contributed by atoms with Crippen molar-refractivity contribution in [2.24, 2.45) is 0 Å². The minimum absolute atomic E-state index is 0.162. The molecule has 0 saturated carbocycles. The molecule has 2 atom stereocenters. The molecule has 0 aliphatic rings. The van der Waals surface area contributed by atoms with Crippen molar-refractivity contribution in [3.8, 4) is 0 Å². The smallest absolute Gasteiger partial charge is 0.125 e. The second-order valence-corrected chi connectivity index (χ2v) is 3.99. The van der Waals surface area contributed by atoms with Crippen LogP contribution in [0.1, 0.15) is 11.7 Å². The zero-order valence-corrected chi connectivity index (χ0v) is 9.29. The van der Waals surface area contributed by atoms with Crippen LogP contribution in [0.25, 0.3) is 10.9 Å². The molecule has 0 amide bonds.